The molecule has 0 amide bonds. The van der Waals surface area contributed by atoms with Crippen LogP contribution in [0.4, 0.5) is 13.2 Å². The molecule has 0 saturated carbocycles. The molecule has 1 aromatic rings. The molecule has 0 aliphatic carbocycles. The van der Waals surface area contributed by atoms with Crippen LogP contribution in [-0.2, 0) is 22.2 Å². The fraction of sp³-hybridized carbons (Fsp3) is 0.600. The van der Waals surface area contributed by atoms with E-state index >= 15 is 0 Å². The minimum atomic E-state index is -4.29. The Morgan fingerprint density at radius 2 is 2.10 bits per heavy atom. The Labute approximate surface area is 122 Å². The third-order valence-electron chi connectivity index (χ3n) is 3.42. The van der Waals surface area contributed by atoms with Crippen molar-refractivity contribution < 1.29 is 22.6 Å². The molecule has 0 bridgehead atoms. The highest BCUT2D eigenvalue weighted by molar-refractivity contribution is 5.25. The van der Waals surface area contributed by atoms with Crippen molar-refractivity contribution in [2.24, 2.45) is 0 Å². The Balaban J connectivity index is 1.83. The molecular formula is C15H20F3NO2. The predicted octanol–water partition coefficient (Wildman–Crippen LogP) is 2.94. The van der Waals surface area contributed by atoms with Gasteiger partial charge in [-0.1, -0.05) is 18.2 Å². The summed E-state index contributed by atoms with van der Waals surface area (Å²) >= 11 is 0. The molecule has 3 nitrogen and oxygen atoms in total. The van der Waals surface area contributed by atoms with E-state index in [0.29, 0.717) is 31.9 Å². The van der Waals surface area contributed by atoms with Crippen molar-refractivity contribution in [3.8, 4) is 0 Å². The molecule has 1 aliphatic heterocycles. The molecule has 1 atom stereocenters. The van der Waals surface area contributed by atoms with Gasteiger partial charge >= 0.3 is 6.18 Å². The van der Waals surface area contributed by atoms with Gasteiger partial charge in [-0.25, -0.2) is 0 Å². The first-order valence-corrected chi connectivity index (χ1v) is 6.99. The van der Waals surface area contributed by atoms with Gasteiger partial charge in [0.1, 0.15) is 0 Å². The summed E-state index contributed by atoms with van der Waals surface area (Å²) in [5, 5.41) is 0. The number of hydrogen-bond acceptors (Lipinski definition) is 3. The minimum absolute atomic E-state index is 0.0858. The molecule has 1 fully saturated rings. The largest absolute Gasteiger partial charge is 0.416 e. The standard InChI is InChI=1S/C15H20F3NO2/c1-19(6-5-14-11-20-7-8-21-14)10-12-3-2-4-13(9-12)15(16,17)18/h2-4,9,14H,5-8,10-11H2,1H3. The zero-order chi connectivity index (χ0) is 15.3. The van der Waals surface area contributed by atoms with Gasteiger partial charge in [-0.3, -0.25) is 0 Å². The molecule has 118 valence electrons. The van der Waals surface area contributed by atoms with Crippen molar-refractivity contribution >= 4 is 0 Å². The van der Waals surface area contributed by atoms with Gasteiger partial charge in [0.05, 0.1) is 31.5 Å². The van der Waals surface area contributed by atoms with Crippen LogP contribution >= 0.6 is 0 Å². The van der Waals surface area contributed by atoms with Crippen LogP contribution in [-0.4, -0.2) is 44.4 Å². The Bertz CT molecular complexity index is 445. The van der Waals surface area contributed by atoms with Crippen LogP contribution in [0.3, 0.4) is 0 Å². The molecule has 1 aliphatic rings. The topological polar surface area (TPSA) is 21.7 Å². The zero-order valence-corrected chi connectivity index (χ0v) is 12.0. The maximum Gasteiger partial charge on any atom is 0.416 e. The summed E-state index contributed by atoms with van der Waals surface area (Å²) < 4.78 is 48.8. The van der Waals surface area contributed by atoms with E-state index in [4.69, 9.17) is 9.47 Å². The second kappa shape index (κ2) is 7.24. The van der Waals surface area contributed by atoms with E-state index in [2.05, 4.69) is 0 Å². The lowest BCUT2D eigenvalue weighted by Gasteiger charge is -2.25. The number of halogens is 3. The summed E-state index contributed by atoms with van der Waals surface area (Å²) in [7, 11) is 1.89. The van der Waals surface area contributed by atoms with Gasteiger partial charge in [-0.15, -0.1) is 0 Å². The van der Waals surface area contributed by atoms with Gasteiger partial charge < -0.3 is 14.4 Å². The summed E-state index contributed by atoms with van der Waals surface area (Å²) in [5.74, 6) is 0. The van der Waals surface area contributed by atoms with Gasteiger partial charge in [0.15, 0.2) is 0 Å². The fourth-order valence-electron chi connectivity index (χ4n) is 2.30. The molecule has 0 aromatic heterocycles. The van der Waals surface area contributed by atoms with Crippen LogP contribution in [0, 0.1) is 0 Å². The first-order chi connectivity index (χ1) is 9.95. The first kappa shape index (κ1) is 16.3. The van der Waals surface area contributed by atoms with Crippen molar-refractivity contribution in [1.29, 1.82) is 0 Å². The Morgan fingerprint density at radius 1 is 1.29 bits per heavy atom. The Kier molecular flexibility index (Phi) is 5.61. The molecule has 6 heteroatoms. The van der Waals surface area contributed by atoms with Gasteiger partial charge in [0, 0.05) is 13.1 Å². The number of ether oxygens (including phenoxy) is 2. The lowest BCUT2D eigenvalue weighted by molar-refractivity contribution is -0.137. The maximum absolute atomic E-state index is 12.7. The van der Waals surface area contributed by atoms with Crippen LogP contribution < -0.4 is 0 Å². The highest BCUT2D eigenvalue weighted by Crippen LogP contribution is 2.29. The van der Waals surface area contributed by atoms with E-state index in [1.807, 2.05) is 11.9 Å². The molecule has 1 unspecified atom stereocenters. The second-order valence-electron chi connectivity index (χ2n) is 5.29. The molecule has 21 heavy (non-hydrogen) atoms. The monoisotopic (exact) mass is 303 g/mol. The van der Waals surface area contributed by atoms with Crippen molar-refractivity contribution in [1.82, 2.24) is 4.90 Å². The van der Waals surface area contributed by atoms with Gasteiger partial charge in [-0.2, -0.15) is 13.2 Å². The molecule has 0 spiro atoms. The number of nitrogens with zero attached hydrogens (tertiary/aromatic N) is 1. The summed E-state index contributed by atoms with van der Waals surface area (Å²) in [6.07, 6.45) is -3.39. The molecule has 1 heterocycles. The zero-order valence-electron chi connectivity index (χ0n) is 12.0. The summed E-state index contributed by atoms with van der Waals surface area (Å²) in [6, 6.07) is 5.46. The van der Waals surface area contributed by atoms with Gasteiger partial charge in [-0.05, 0) is 25.1 Å². The highest BCUT2D eigenvalue weighted by Gasteiger charge is 2.30. The van der Waals surface area contributed by atoms with E-state index < -0.39 is 11.7 Å². The molecule has 0 radical (unpaired) electrons. The number of benzene rings is 1. The Morgan fingerprint density at radius 3 is 2.76 bits per heavy atom. The molecule has 1 aromatic carbocycles. The van der Waals surface area contributed by atoms with E-state index in [0.717, 1.165) is 19.0 Å². The summed E-state index contributed by atoms with van der Waals surface area (Å²) in [5.41, 5.74) is 0.0607. The molecule has 1 saturated heterocycles. The van der Waals surface area contributed by atoms with Crippen LogP contribution in [0.1, 0.15) is 17.5 Å². The number of rotatable bonds is 5. The van der Waals surface area contributed by atoms with Crippen LogP contribution in [0.15, 0.2) is 24.3 Å². The lowest BCUT2D eigenvalue weighted by atomic mass is 10.1. The quantitative estimate of drug-likeness (QED) is 0.835. The smallest absolute Gasteiger partial charge is 0.376 e. The average Bonchev–Trinajstić information content (AvgIpc) is 2.46. The SMILES string of the molecule is CN(CCC1COCCO1)Cc1cccc(C(F)(F)F)c1. The van der Waals surface area contributed by atoms with Crippen molar-refractivity contribution in [3.63, 3.8) is 0 Å². The lowest BCUT2D eigenvalue weighted by Crippen LogP contribution is -2.32. The van der Waals surface area contributed by atoms with Crippen molar-refractivity contribution in [2.75, 3.05) is 33.4 Å². The van der Waals surface area contributed by atoms with Gasteiger partial charge in [0.2, 0.25) is 0 Å². The van der Waals surface area contributed by atoms with E-state index in [1.165, 1.54) is 12.1 Å². The average molecular weight is 303 g/mol. The summed E-state index contributed by atoms with van der Waals surface area (Å²) in [6.45, 7) is 3.08. The van der Waals surface area contributed by atoms with Crippen LogP contribution in [0.5, 0.6) is 0 Å². The first-order valence-electron chi connectivity index (χ1n) is 6.99. The third kappa shape index (κ3) is 5.30. The van der Waals surface area contributed by atoms with Crippen molar-refractivity contribution in [2.45, 2.75) is 25.2 Å². The van der Waals surface area contributed by atoms with E-state index in [1.54, 1.807) is 6.07 Å². The van der Waals surface area contributed by atoms with Gasteiger partial charge in [0.25, 0.3) is 0 Å². The summed E-state index contributed by atoms with van der Waals surface area (Å²) in [4.78, 5) is 1.99. The number of hydrogen-bond donors (Lipinski definition) is 0. The minimum Gasteiger partial charge on any atom is -0.376 e. The maximum atomic E-state index is 12.7. The molecule has 2 rings (SSSR count). The van der Waals surface area contributed by atoms with Crippen LogP contribution in [0.25, 0.3) is 0 Å². The van der Waals surface area contributed by atoms with Crippen molar-refractivity contribution in [3.05, 3.63) is 35.4 Å². The second-order valence-corrected chi connectivity index (χ2v) is 5.29. The fourth-order valence-corrected chi connectivity index (χ4v) is 2.30. The van der Waals surface area contributed by atoms with Crippen LogP contribution in [0.2, 0.25) is 0 Å². The molecule has 0 N–H and O–H groups in total. The number of alkyl halides is 3. The third-order valence-corrected chi connectivity index (χ3v) is 3.42. The Hall–Kier alpha value is -1.11. The normalized spacial score (nSPS) is 20.0. The molecular weight excluding hydrogens is 283 g/mol. The van der Waals surface area contributed by atoms with E-state index in [-0.39, 0.29) is 6.10 Å². The van der Waals surface area contributed by atoms with E-state index in [9.17, 15) is 13.2 Å². The predicted molar refractivity (Wildman–Crippen MR) is 73.0 cm³/mol. The highest BCUT2D eigenvalue weighted by atomic mass is 19.4.